The van der Waals surface area contributed by atoms with Gasteiger partial charge >= 0.3 is 0 Å². The number of rotatable bonds is 7. The molecule has 0 spiro atoms. The summed E-state index contributed by atoms with van der Waals surface area (Å²) in [5, 5.41) is 6.44. The first kappa shape index (κ1) is 24.8. The van der Waals surface area contributed by atoms with Crippen molar-refractivity contribution in [2.75, 3.05) is 46.5 Å². The second-order valence-corrected chi connectivity index (χ2v) is 10.1. The number of ketones is 1. The molecule has 4 aliphatic rings. The standard InChI is InChI=1S/C27H36N4O5/c1-35-20-6-4-18(5-7-20)25(32)19-8-13-30(14-9-19)23-3-2-12-31(27(23)34)15-10-24-28-22-11-16-36-17-21(22)26(33)29-24/h4-7,19,23-24,28H,2-3,8-17H2,1H3,(H,29,33)/t23-,24?/m0/s1. The Labute approximate surface area is 212 Å². The van der Waals surface area contributed by atoms with E-state index < -0.39 is 0 Å². The van der Waals surface area contributed by atoms with Crippen molar-refractivity contribution in [3.05, 3.63) is 41.1 Å². The molecule has 1 unspecified atom stereocenters. The van der Waals surface area contributed by atoms with E-state index >= 15 is 0 Å². The van der Waals surface area contributed by atoms with Crippen LogP contribution in [-0.2, 0) is 14.3 Å². The second-order valence-electron chi connectivity index (χ2n) is 10.1. The van der Waals surface area contributed by atoms with Gasteiger partial charge in [-0.3, -0.25) is 19.3 Å². The molecule has 1 aromatic carbocycles. The van der Waals surface area contributed by atoms with Gasteiger partial charge in [0.15, 0.2) is 5.78 Å². The molecule has 2 amide bonds. The molecule has 0 saturated carbocycles. The van der Waals surface area contributed by atoms with Gasteiger partial charge in [0.1, 0.15) is 11.9 Å². The van der Waals surface area contributed by atoms with E-state index in [2.05, 4.69) is 15.5 Å². The topological polar surface area (TPSA) is 100 Å². The van der Waals surface area contributed by atoms with Crippen LogP contribution in [0, 0.1) is 5.92 Å². The predicted octanol–water partition coefficient (Wildman–Crippen LogP) is 1.69. The van der Waals surface area contributed by atoms with Crippen LogP contribution in [0.5, 0.6) is 5.75 Å². The molecule has 9 nitrogen and oxygen atoms in total. The minimum Gasteiger partial charge on any atom is -0.497 e. The SMILES string of the molecule is COc1ccc(C(=O)C2CCN([C@H]3CCCN(CCC4NC(=O)C5=C(CCOC5)N4)C3=O)CC2)cc1. The molecule has 4 aliphatic heterocycles. The molecule has 0 bridgehead atoms. The van der Waals surface area contributed by atoms with Crippen LogP contribution in [0.2, 0.25) is 0 Å². The van der Waals surface area contributed by atoms with Crippen LogP contribution in [0.15, 0.2) is 35.5 Å². The molecule has 5 rings (SSSR count). The lowest BCUT2D eigenvalue weighted by atomic mass is 9.87. The van der Waals surface area contributed by atoms with Gasteiger partial charge in [-0.25, -0.2) is 0 Å². The van der Waals surface area contributed by atoms with E-state index in [0.717, 1.165) is 68.7 Å². The van der Waals surface area contributed by atoms with Crippen molar-refractivity contribution in [1.82, 2.24) is 20.4 Å². The third-order valence-corrected chi connectivity index (χ3v) is 7.94. The summed E-state index contributed by atoms with van der Waals surface area (Å²) in [6.07, 6.45) is 4.60. The first-order valence-electron chi connectivity index (χ1n) is 13.1. The summed E-state index contributed by atoms with van der Waals surface area (Å²) in [6, 6.07) is 7.20. The molecule has 1 aromatic rings. The lowest BCUT2D eigenvalue weighted by Gasteiger charge is -2.42. The summed E-state index contributed by atoms with van der Waals surface area (Å²) >= 11 is 0. The van der Waals surface area contributed by atoms with Crippen molar-refractivity contribution in [2.24, 2.45) is 5.92 Å². The van der Waals surface area contributed by atoms with E-state index in [1.54, 1.807) is 7.11 Å². The number of benzene rings is 1. The van der Waals surface area contributed by atoms with Crippen molar-refractivity contribution < 1.29 is 23.9 Å². The fourth-order valence-corrected chi connectivity index (χ4v) is 5.81. The van der Waals surface area contributed by atoms with Gasteiger partial charge in [0.2, 0.25) is 5.91 Å². The van der Waals surface area contributed by atoms with Crippen molar-refractivity contribution in [3.63, 3.8) is 0 Å². The summed E-state index contributed by atoms with van der Waals surface area (Å²) in [4.78, 5) is 42.9. The highest BCUT2D eigenvalue weighted by Gasteiger charge is 2.37. The zero-order valence-corrected chi connectivity index (χ0v) is 21.0. The van der Waals surface area contributed by atoms with Gasteiger partial charge in [0, 0.05) is 43.1 Å². The van der Waals surface area contributed by atoms with Crippen molar-refractivity contribution in [3.8, 4) is 5.75 Å². The van der Waals surface area contributed by atoms with E-state index in [9.17, 15) is 14.4 Å². The van der Waals surface area contributed by atoms with E-state index in [-0.39, 0.29) is 35.7 Å². The molecule has 0 aliphatic carbocycles. The van der Waals surface area contributed by atoms with Gasteiger partial charge in [-0.15, -0.1) is 0 Å². The van der Waals surface area contributed by atoms with E-state index in [0.29, 0.717) is 31.8 Å². The molecule has 4 heterocycles. The number of methoxy groups -OCH3 is 1. The third-order valence-electron chi connectivity index (χ3n) is 7.94. The molecule has 2 fully saturated rings. The summed E-state index contributed by atoms with van der Waals surface area (Å²) in [5.41, 5.74) is 2.40. The number of likely N-dealkylation sites (tertiary alicyclic amines) is 2. The first-order chi connectivity index (χ1) is 17.5. The number of amides is 2. The number of piperidine rings is 2. The Bertz CT molecular complexity index is 1020. The lowest BCUT2D eigenvalue weighted by Crippen LogP contribution is -2.56. The number of nitrogens with zero attached hydrogens (tertiary/aromatic N) is 2. The Balaban J connectivity index is 1.12. The van der Waals surface area contributed by atoms with Crippen LogP contribution < -0.4 is 15.4 Å². The zero-order chi connectivity index (χ0) is 25.1. The van der Waals surface area contributed by atoms with Gasteiger partial charge < -0.3 is 25.0 Å². The first-order valence-corrected chi connectivity index (χ1v) is 13.1. The highest BCUT2D eigenvalue weighted by Crippen LogP contribution is 2.27. The smallest absolute Gasteiger partial charge is 0.252 e. The molecule has 9 heteroatoms. The quantitative estimate of drug-likeness (QED) is 0.554. The average molecular weight is 497 g/mol. The minimum absolute atomic E-state index is 0.00480. The van der Waals surface area contributed by atoms with Crippen molar-refractivity contribution in [2.45, 2.75) is 50.7 Å². The summed E-state index contributed by atoms with van der Waals surface area (Å²) in [6.45, 7) is 3.87. The number of Topliss-reactive ketones (excluding diaryl/α,β-unsaturated/α-hetero) is 1. The Morgan fingerprint density at radius 1 is 1.08 bits per heavy atom. The molecule has 2 atom stereocenters. The molecule has 0 radical (unpaired) electrons. The number of ether oxygens (including phenoxy) is 2. The zero-order valence-electron chi connectivity index (χ0n) is 21.0. The van der Waals surface area contributed by atoms with Crippen molar-refractivity contribution in [1.29, 1.82) is 0 Å². The van der Waals surface area contributed by atoms with E-state index in [1.165, 1.54) is 0 Å². The maximum absolute atomic E-state index is 13.4. The Morgan fingerprint density at radius 3 is 2.61 bits per heavy atom. The number of carbonyl (C=O) groups is 3. The van der Waals surface area contributed by atoms with Crippen LogP contribution in [0.3, 0.4) is 0 Å². The fraction of sp³-hybridized carbons (Fsp3) is 0.593. The second kappa shape index (κ2) is 11.0. The number of nitrogens with one attached hydrogen (secondary N) is 2. The van der Waals surface area contributed by atoms with Crippen LogP contribution >= 0.6 is 0 Å². The fourth-order valence-electron chi connectivity index (χ4n) is 5.81. The summed E-state index contributed by atoms with van der Waals surface area (Å²) < 4.78 is 10.6. The largest absolute Gasteiger partial charge is 0.497 e. The lowest BCUT2D eigenvalue weighted by molar-refractivity contribution is -0.141. The number of hydrogen-bond acceptors (Lipinski definition) is 7. The maximum Gasteiger partial charge on any atom is 0.252 e. The van der Waals surface area contributed by atoms with Crippen LogP contribution in [0.1, 0.15) is 48.9 Å². The van der Waals surface area contributed by atoms with Gasteiger partial charge in [-0.2, -0.15) is 0 Å². The normalized spacial score (nSPS) is 25.8. The highest BCUT2D eigenvalue weighted by atomic mass is 16.5. The Kier molecular flexibility index (Phi) is 7.57. The highest BCUT2D eigenvalue weighted by molar-refractivity contribution is 5.98. The molecule has 2 saturated heterocycles. The van der Waals surface area contributed by atoms with Gasteiger partial charge in [-0.1, -0.05) is 0 Å². The van der Waals surface area contributed by atoms with Gasteiger partial charge in [0.05, 0.1) is 31.9 Å². The Morgan fingerprint density at radius 2 is 1.86 bits per heavy atom. The molecular weight excluding hydrogens is 460 g/mol. The van der Waals surface area contributed by atoms with Crippen LogP contribution in [0.4, 0.5) is 0 Å². The number of carbonyl (C=O) groups excluding carboxylic acids is 3. The summed E-state index contributed by atoms with van der Waals surface area (Å²) in [7, 11) is 1.62. The van der Waals surface area contributed by atoms with Crippen LogP contribution in [0.25, 0.3) is 0 Å². The third kappa shape index (κ3) is 5.27. The molecule has 2 N–H and O–H groups in total. The summed E-state index contributed by atoms with van der Waals surface area (Å²) in [5.74, 6) is 1.03. The molecule has 36 heavy (non-hydrogen) atoms. The van der Waals surface area contributed by atoms with Gasteiger partial charge in [-0.05, 0) is 63.0 Å². The predicted molar refractivity (Wildman–Crippen MR) is 133 cm³/mol. The number of hydrogen-bond donors (Lipinski definition) is 2. The van der Waals surface area contributed by atoms with Crippen molar-refractivity contribution >= 4 is 17.6 Å². The van der Waals surface area contributed by atoms with Crippen LogP contribution in [-0.4, -0.2) is 86.1 Å². The van der Waals surface area contributed by atoms with Gasteiger partial charge in [0.25, 0.3) is 5.91 Å². The van der Waals surface area contributed by atoms with E-state index in [1.807, 2.05) is 29.2 Å². The monoisotopic (exact) mass is 496 g/mol. The minimum atomic E-state index is -0.165. The average Bonchev–Trinajstić information content (AvgIpc) is 2.92. The van der Waals surface area contributed by atoms with E-state index in [4.69, 9.17) is 9.47 Å². The Hall–Kier alpha value is -2.91. The molecule has 0 aromatic heterocycles. The molecule has 194 valence electrons. The maximum atomic E-state index is 13.4. The molecular formula is C27H36N4O5.